The maximum absolute atomic E-state index is 10.1. The fraction of sp³-hybridized carbons (Fsp3) is 0.111. The molecule has 5 heteroatoms. The normalized spacial score (nSPS) is 13.1. The topological polar surface area (TPSA) is 63.4 Å². The Morgan fingerprint density at radius 1 is 0.870 bits per heavy atom. The van der Waals surface area contributed by atoms with Crippen molar-refractivity contribution in [1.29, 1.82) is 0 Å². The number of hydrogen-bond acceptors (Lipinski definition) is 5. The van der Waals surface area contributed by atoms with Crippen molar-refractivity contribution in [2.75, 3.05) is 6.79 Å². The molecule has 0 aliphatic carbocycles. The zero-order chi connectivity index (χ0) is 15.8. The third-order valence-corrected chi connectivity index (χ3v) is 3.72. The standard InChI is InChI=1S/C18H14N2O3/c1-11-2-3-12-7-15(16(21)8-13(12)6-11)20-19-14-4-5-17-18(9-14)23-10-22-17/h2-9,21H,10H2,1H3. The SMILES string of the molecule is Cc1ccc2cc(N=Nc3ccc4c(c3)OCO4)c(O)cc2c1. The molecule has 1 aliphatic rings. The first-order valence-electron chi connectivity index (χ1n) is 7.24. The Morgan fingerprint density at radius 3 is 2.65 bits per heavy atom. The van der Waals surface area contributed by atoms with Crippen LogP contribution in [0, 0.1) is 6.92 Å². The van der Waals surface area contributed by atoms with Gasteiger partial charge >= 0.3 is 0 Å². The molecular formula is C18H14N2O3. The molecule has 0 amide bonds. The van der Waals surface area contributed by atoms with Crippen LogP contribution in [0.25, 0.3) is 10.8 Å². The van der Waals surface area contributed by atoms with Crippen LogP contribution in [0.4, 0.5) is 11.4 Å². The third-order valence-electron chi connectivity index (χ3n) is 3.72. The van der Waals surface area contributed by atoms with E-state index in [1.807, 2.05) is 31.2 Å². The maximum Gasteiger partial charge on any atom is 0.231 e. The zero-order valence-corrected chi connectivity index (χ0v) is 12.5. The first-order valence-corrected chi connectivity index (χ1v) is 7.24. The van der Waals surface area contributed by atoms with E-state index in [2.05, 4.69) is 10.2 Å². The van der Waals surface area contributed by atoms with Gasteiger partial charge in [-0.3, -0.25) is 0 Å². The van der Waals surface area contributed by atoms with Crippen LogP contribution in [0.15, 0.2) is 58.8 Å². The second kappa shape index (κ2) is 5.28. The van der Waals surface area contributed by atoms with Crippen molar-refractivity contribution in [3.05, 3.63) is 54.1 Å². The van der Waals surface area contributed by atoms with E-state index in [9.17, 15) is 5.11 Å². The summed E-state index contributed by atoms with van der Waals surface area (Å²) in [5.41, 5.74) is 2.21. The lowest BCUT2D eigenvalue weighted by molar-refractivity contribution is 0.174. The minimum Gasteiger partial charge on any atom is -0.506 e. The van der Waals surface area contributed by atoms with Gasteiger partial charge in [0.15, 0.2) is 11.5 Å². The van der Waals surface area contributed by atoms with Crippen LogP contribution >= 0.6 is 0 Å². The Bertz CT molecular complexity index is 935. The number of azo groups is 1. The second-order valence-corrected chi connectivity index (χ2v) is 5.43. The summed E-state index contributed by atoms with van der Waals surface area (Å²) in [6.45, 7) is 2.24. The van der Waals surface area contributed by atoms with Crippen molar-refractivity contribution >= 4 is 22.1 Å². The van der Waals surface area contributed by atoms with Crippen molar-refractivity contribution in [2.45, 2.75) is 6.92 Å². The number of aryl methyl sites for hydroxylation is 1. The van der Waals surface area contributed by atoms with Gasteiger partial charge in [-0.05, 0) is 42.0 Å². The van der Waals surface area contributed by atoms with Gasteiger partial charge < -0.3 is 14.6 Å². The van der Waals surface area contributed by atoms with Gasteiger partial charge in [-0.2, -0.15) is 5.11 Å². The van der Waals surface area contributed by atoms with Crippen LogP contribution < -0.4 is 9.47 Å². The molecule has 0 atom stereocenters. The third kappa shape index (κ3) is 2.57. The van der Waals surface area contributed by atoms with E-state index in [-0.39, 0.29) is 12.5 Å². The van der Waals surface area contributed by atoms with Crippen molar-refractivity contribution < 1.29 is 14.6 Å². The summed E-state index contributed by atoms with van der Waals surface area (Å²) >= 11 is 0. The summed E-state index contributed by atoms with van der Waals surface area (Å²) in [5.74, 6) is 1.46. The molecule has 0 saturated heterocycles. The highest BCUT2D eigenvalue weighted by atomic mass is 16.7. The summed E-state index contributed by atoms with van der Waals surface area (Å²) in [6.07, 6.45) is 0. The minimum absolute atomic E-state index is 0.104. The monoisotopic (exact) mass is 306 g/mol. The molecule has 1 aliphatic heterocycles. The van der Waals surface area contributed by atoms with Crippen LogP contribution in [0.5, 0.6) is 17.2 Å². The first-order chi connectivity index (χ1) is 11.2. The van der Waals surface area contributed by atoms with E-state index in [0.717, 1.165) is 16.3 Å². The smallest absolute Gasteiger partial charge is 0.231 e. The number of hydrogen-bond donors (Lipinski definition) is 1. The molecule has 3 aromatic carbocycles. The number of phenolic OH excluding ortho intramolecular Hbond substituents is 1. The molecule has 0 fully saturated rings. The molecule has 0 unspecified atom stereocenters. The second-order valence-electron chi connectivity index (χ2n) is 5.43. The van der Waals surface area contributed by atoms with Crippen LogP contribution in [-0.4, -0.2) is 11.9 Å². The van der Waals surface area contributed by atoms with Crippen LogP contribution in [0.1, 0.15) is 5.56 Å². The molecule has 1 N–H and O–H groups in total. The molecule has 3 aromatic rings. The summed E-state index contributed by atoms with van der Waals surface area (Å²) < 4.78 is 10.6. The molecule has 5 nitrogen and oxygen atoms in total. The van der Waals surface area contributed by atoms with E-state index in [4.69, 9.17) is 9.47 Å². The quantitative estimate of drug-likeness (QED) is 0.678. The number of phenols is 1. The number of nitrogens with zero attached hydrogens (tertiary/aromatic N) is 2. The highest BCUT2D eigenvalue weighted by Gasteiger charge is 2.13. The number of fused-ring (bicyclic) bond motifs is 2. The van der Waals surface area contributed by atoms with Gasteiger partial charge in [0.25, 0.3) is 0 Å². The average Bonchev–Trinajstić information content (AvgIpc) is 3.00. The number of ether oxygens (including phenoxy) is 2. The van der Waals surface area contributed by atoms with Gasteiger partial charge in [0.2, 0.25) is 6.79 Å². The van der Waals surface area contributed by atoms with Crippen molar-refractivity contribution in [2.24, 2.45) is 10.2 Å². The number of aromatic hydroxyl groups is 1. The van der Waals surface area contributed by atoms with E-state index < -0.39 is 0 Å². The van der Waals surface area contributed by atoms with Gasteiger partial charge in [-0.1, -0.05) is 23.8 Å². The van der Waals surface area contributed by atoms with Crippen LogP contribution in [-0.2, 0) is 0 Å². The minimum atomic E-state index is 0.104. The van der Waals surface area contributed by atoms with Gasteiger partial charge in [-0.15, -0.1) is 5.11 Å². The molecule has 0 saturated carbocycles. The van der Waals surface area contributed by atoms with Gasteiger partial charge in [0.05, 0.1) is 5.69 Å². The van der Waals surface area contributed by atoms with Gasteiger partial charge in [0, 0.05) is 6.07 Å². The van der Waals surface area contributed by atoms with Gasteiger partial charge in [-0.25, -0.2) is 0 Å². The van der Waals surface area contributed by atoms with E-state index in [1.54, 1.807) is 24.3 Å². The fourth-order valence-electron chi connectivity index (χ4n) is 2.53. The molecule has 0 radical (unpaired) electrons. The number of rotatable bonds is 2. The van der Waals surface area contributed by atoms with E-state index >= 15 is 0 Å². The highest BCUT2D eigenvalue weighted by Crippen LogP contribution is 2.37. The maximum atomic E-state index is 10.1. The Hall–Kier alpha value is -3.08. The van der Waals surface area contributed by atoms with E-state index in [1.165, 1.54) is 0 Å². The highest BCUT2D eigenvalue weighted by molar-refractivity contribution is 5.88. The van der Waals surface area contributed by atoms with Crippen LogP contribution in [0.2, 0.25) is 0 Å². The Kier molecular flexibility index (Phi) is 3.12. The summed E-state index contributed by atoms with van der Waals surface area (Å²) in [6, 6.07) is 14.9. The van der Waals surface area contributed by atoms with E-state index in [0.29, 0.717) is 22.9 Å². The summed E-state index contributed by atoms with van der Waals surface area (Å²) in [7, 11) is 0. The zero-order valence-electron chi connectivity index (χ0n) is 12.5. The molecule has 1 heterocycles. The Labute approximate surface area is 132 Å². The molecule has 23 heavy (non-hydrogen) atoms. The molecule has 0 spiro atoms. The average molecular weight is 306 g/mol. The van der Waals surface area contributed by atoms with Crippen LogP contribution in [0.3, 0.4) is 0 Å². The molecule has 4 rings (SSSR count). The number of benzene rings is 3. The van der Waals surface area contributed by atoms with Crippen molar-refractivity contribution in [3.63, 3.8) is 0 Å². The van der Waals surface area contributed by atoms with Crippen molar-refractivity contribution in [1.82, 2.24) is 0 Å². The lowest BCUT2D eigenvalue weighted by atomic mass is 10.1. The summed E-state index contributed by atoms with van der Waals surface area (Å²) in [4.78, 5) is 0. The Morgan fingerprint density at radius 2 is 1.74 bits per heavy atom. The molecular weight excluding hydrogens is 292 g/mol. The first kappa shape index (κ1) is 13.6. The largest absolute Gasteiger partial charge is 0.506 e. The predicted molar refractivity (Wildman–Crippen MR) is 87.1 cm³/mol. The molecule has 114 valence electrons. The fourth-order valence-corrected chi connectivity index (χ4v) is 2.53. The lowest BCUT2D eigenvalue weighted by Gasteiger charge is -2.03. The Balaban J connectivity index is 1.69. The summed E-state index contributed by atoms with van der Waals surface area (Å²) in [5, 5.41) is 20.4. The van der Waals surface area contributed by atoms with Crippen molar-refractivity contribution in [3.8, 4) is 17.2 Å². The van der Waals surface area contributed by atoms with Gasteiger partial charge in [0.1, 0.15) is 11.4 Å². The molecule has 0 bridgehead atoms. The lowest BCUT2D eigenvalue weighted by Crippen LogP contribution is -1.92. The molecule has 0 aromatic heterocycles. The predicted octanol–water partition coefficient (Wildman–Crippen LogP) is 5.00.